The first kappa shape index (κ1) is 15.1. The van der Waals surface area contributed by atoms with Gasteiger partial charge in [-0.05, 0) is 38.2 Å². The van der Waals surface area contributed by atoms with Crippen LogP contribution in [0.15, 0.2) is 36.4 Å². The fourth-order valence-corrected chi connectivity index (χ4v) is 3.15. The lowest BCUT2D eigenvalue weighted by Gasteiger charge is -2.33. The van der Waals surface area contributed by atoms with E-state index in [1.165, 1.54) is 6.07 Å². The van der Waals surface area contributed by atoms with Crippen molar-refractivity contribution in [2.75, 3.05) is 38.1 Å². The van der Waals surface area contributed by atoms with Gasteiger partial charge < -0.3 is 9.80 Å². The summed E-state index contributed by atoms with van der Waals surface area (Å²) in [5.74, 6) is 0.680. The van der Waals surface area contributed by atoms with E-state index in [9.17, 15) is 4.39 Å². The predicted octanol–water partition coefficient (Wildman–Crippen LogP) is 2.60. The second-order valence-corrected chi connectivity index (χ2v) is 6.28. The van der Waals surface area contributed by atoms with Crippen LogP contribution in [0.3, 0.4) is 0 Å². The number of rotatable bonds is 2. The summed E-state index contributed by atoms with van der Waals surface area (Å²) in [5.41, 5.74) is 2.76. The number of imidazole rings is 1. The first-order valence-corrected chi connectivity index (χ1v) is 8.18. The molecule has 1 saturated heterocycles. The summed E-state index contributed by atoms with van der Waals surface area (Å²) in [5, 5.41) is 4.74. The number of halogens is 1. The van der Waals surface area contributed by atoms with Gasteiger partial charge in [0.1, 0.15) is 11.6 Å². The topological polar surface area (TPSA) is 36.7 Å². The number of nitrogens with zero attached hydrogens (tertiary/aromatic N) is 5. The first-order chi connectivity index (χ1) is 11.6. The highest BCUT2D eigenvalue weighted by atomic mass is 19.1. The molecule has 6 heteroatoms. The third-order valence-electron chi connectivity index (χ3n) is 4.64. The van der Waals surface area contributed by atoms with E-state index in [-0.39, 0.29) is 5.82 Å². The standard InChI is InChI=1S/C18H20FN5/c1-13-18(14-5-3-4-6-15(14)19)20-16-7-8-17(21-24(13)16)23-11-9-22(2)10-12-23/h3-8H,9-12H2,1-2H3. The number of aryl methyl sites for hydroxylation is 1. The SMILES string of the molecule is Cc1c(-c2ccccc2F)nc2ccc(N3CCN(C)CC3)nn12. The zero-order chi connectivity index (χ0) is 16.7. The lowest BCUT2D eigenvalue weighted by molar-refractivity contribution is 0.311. The van der Waals surface area contributed by atoms with Gasteiger partial charge in [0.05, 0.1) is 11.4 Å². The summed E-state index contributed by atoms with van der Waals surface area (Å²) in [6.45, 7) is 5.92. The van der Waals surface area contributed by atoms with Gasteiger partial charge >= 0.3 is 0 Å². The number of likely N-dealkylation sites (N-methyl/N-ethyl adjacent to an activating group) is 1. The molecule has 0 N–H and O–H groups in total. The summed E-state index contributed by atoms with van der Waals surface area (Å²) in [6, 6.07) is 10.7. The molecular weight excluding hydrogens is 305 g/mol. The molecule has 0 atom stereocenters. The minimum absolute atomic E-state index is 0.261. The van der Waals surface area contributed by atoms with Gasteiger partial charge in [0.25, 0.3) is 0 Å². The fraction of sp³-hybridized carbons (Fsp3) is 0.333. The molecule has 0 unspecified atom stereocenters. The molecule has 2 aromatic heterocycles. The van der Waals surface area contributed by atoms with Crippen LogP contribution >= 0.6 is 0 Å². The van der Waals surface area contributed by atoms with Crippen molar-refractivity contribution >= 4 is 11.5 Å². The Bertz CT molecular complexity index is 880. The van der Waals surface area contributed by atoms with Crippen LogP contribution in [0.1, 0.15) is 5.69 Å². The first-order valence-electron chi connectivity index (χ1n) is 8.18. The van der Waals surface area contributed by atoms with E-state index in [2.05, 4.69) is 21.8 Å². The summed E-state index contributed by atoms with van der Waals surface area (Å²) in [6.07, 6.45) is 0. The van der Waals surface area contributed by atoms with E-state index in [0.717, 1.165) is 43.3 Å². The average Bonchev–Trinajstić information content (AvgIpc) is 2.92. The number of piperazine rings is 1. The highest BCUT2D eigenvalue weighted by Crippen LogP contribution is 2.26. The van der Waals surface area contributed by atoms with Crippen molar-refractivity contribution in [2.45, 2.75) is 6.92 Å². The monoisotopic (exact) mass is 325 g/mol. The summed E-state index contributed by atoms with van der Waals surface area (Å²) >= 11 is 0. The lowest BCUT2D eigenvalue weighted by Crippen LogP contribution is -2.44. The quantitative estimate of drug-likeness (QED) is 0.726. The Labute approximate surface area is 140 Å². The molecule has 1 aliphatic rings. The molecule has 0 amide bonds. The second kappa shape index (κ2) is 5.87. The molecular formula is C18H20FN5. The molecule has 0 aliphatic carbocycles. The van der Waals surface area contributed by atoms with E-state index in [0.29, 0.717) is 11.3 Å². The summed E-state index contributed by atoms with van der Waals surface area (Å²) in [7, 11) is 2.13. The van der Waals surface area contributed by atoms with Crippen molar-refractivity contribution in [3.63, 3.8) is 0 Å². The van der Waals surface area contributed by atoms with E-state index < -0.39 is 0 Å². The number of fused-ring (bicyclic) bond motifs is 1. The minimum atomic E-state index is -0.261. The molecule has 0 saturated carbocycles. The molecule has 24 heavy (non-hydrogen) atoms. The van der Waals surface area contributed by atoms with Crippen LogP contribution < -0.4 is 4.90 Å². The third kappa shape index (κ3) is 2.53. The van der Waals surface area contributed by atoms with Crippen LogP contribution in [-0.2, 0) is 0 Å². The molecule has 124 valence electrons. The van der Waals surface area contributed by atoms with Gasteiger partial charge in [0.15, 0.2) is 5.65 Å². The molecule has 1 aromatic carbocycles. The van der Waals surface area contributed by atoms with Crippen molar-refractivity contribution in [1.29, 1.82) is 0 Å². The number of benzene rings is 1. The van der Waals surface area contributed by atoms with Crippen LogP contribution in [-0.4, -0.2) is 52.7 Å². The smallest absolute Gasteiger partial charge is 0.154 e. The van der Waals surface area contributed by atoms with E-state index in [4.69, 9.17) is 5.10 Å². The van der Waals surface area contributed by atoms with Gasteiger partial charge in [-0.25, -0.2) is 13.9 Å². The molecule has 0 spiro atoms. The Kier molecular flexibility index (Phi) is 3.69. The molecule has 4 rings (SSSR count). The normalized spacial score (nSPS) is 16.0. The Balaban J connectivity index is 1.75. The van der Waals surface area contributed by atoms with Crippen molar-refractivity contribution in [1.82, 2.24) is 19.5 Å². The lowest BCUT2D eigenvalue weighted by atomic mass is 10.1. The van der Waals surface area contributed by atoms with Crippen LogP contribution in [0.4, 0.5) is 10.2 Å². The largest absolute Gasteiger partial charge is 0.353 e. The van der Waals surface area contributed by atoms with Crippen molar-refractivity contribution in [3.8, 4) is 11.3 Å². The molecule has 1 fully saturated rings. The molecule has 0 bridgehead atoms. The molecule has 5 nitrogen and oxygen atoms in total. The van der Waals surface area contributed by atoms with Crippen LogP contribution in [0.25, 0.3) is 16.9 Å². The van der Waals surface area contributed by atoms with Gasteiger partial charge in [-0.1, -0.05) is 12.1 Å². The number of aromatic nitrogens is 3. The fourth-order valence-electron chi connectivity index (χ4n) is 3.15. The Morgan fingerprint density at radius 2 is 1.75 bits per heavy atom. The van der Waals surface area contributed by atoms with Gasteiger partial charge in [0.2, 0.25) is 0 Å². The van der Waals surface area contributed by atoms with Crippen LogP contribution in [0.2, 0.25) is 0 Å². The third-order valence-corrected chi connectivity index (χ3v) is 4.64. The Hall–Kier alpha value is -2.47. The van der Waals surface area contributed by atoms with Crippen molar-refractivity contribution < 1.29 is 4.39 Å². The van der Waals surface area contributed by atoms with Crippen molar-refractivity contribution in [3.05, 3.63) is 47.9 Å². The maximum atomic E-state index is 14.1. The highest BCUT2D eigenvalue weighted by molar-refractivity contribution is 5.67. The number of hydrogen-bond donors (Lipinski definition) is 0. The molecule has 3 heterocycles. The van der Waals surface area contributed by atoms with Crippen LogP contribution in [0, 0.1) is 12.7 Å². The Morgan fingerprint density at radius 3 is 2.50 bits per heavy atom. The maximum absolute atomic E-state index is 14.1. The molecule has 0 radical (unpaired) electrons. The summed E-state index contributed by atoms with van der Waals surface area (Å²) in [4.78, 5) is 9.17. The number of anilines is 1. The van der Waals surface area contributed by atoms with Gasteiger partial charge in [-0.3, -0.25) is 0 Å². The Morgan fingerprint density at radius 1 is 1.00 bits per heavy atom. The van der Waals surface area contributed by atoms with Crippen LogP contribution in [0.5, 0.6) is 0 Å². The number of hydrogen-bond acceptors (Lipinski definition) is 4. The van der Waals surface area contributed by atoms with Gasteiger partial charge in [-0.15, -0.1) is 5.10 Å². The van der Waals surface area contributed by atoms with Crippen molar-refractivity contribution in [2.24, 2.45) is 0 Å². The second-order valence-electron chi connectivity index (χ2n) is 6.28. The molecule has 3 aromatic rings. The van der Waals surface area contributed by atoms with E-state index in [1.807, 2.05) is 29.6 Å². The molecule has 1 aliphatic heterocycles. The van der Waals surface area contributed by atoms with E-state index in [1.54, 1.807) is 12.1 Å². The maximum Gasteiger partial charge on any atom is 0.154 e. The highest BCUT2D eigenvalue weighted by Gasteiger charge is 2.18. The zero-order valence-corrected chi connectivity index (χ0v) is 13.9. The summed E-state index contributed by atoms with van der Waals surface area (Å²) < 4.78 is 15.9. The zero-order valence-electron chi connectivity index (χ0n) is 13.9. The predicted molar refractivity (Wildman–Crippen MR) is 92.8 cm³/mol. The van der Waals surface area contributed by atoms with Gasteiger partial charge in [0, 0.05) is 31.7 Å². The van der Waals surface area contributed by atoms with Gasteiger partial charge in [-0.2, -0.15) is 0 Å². The minimum Gasteiger partial charge on any atom is -0.353 e. The van der Waals surface area contributed by atoms with E-state index >= 15 is 0 Å². The average molecular weight is 325 g/mol.